The van der Waals surface area contributed by atoms with Crippen LogP contribution in [-0.4, -0.2) is 20.1 Å². The fraction of sp³-hybridized carbons (Fsp3) is 0.750. The van der Waals surface area contributed by atoms with Gasteiger partial charge < -0.3 is 4.74 Å². The summed E-state index contributed by atoms with van der Waals surface area (Å²) in [5.41, 5.74) is -1.01. The third-order valence-electron chi connectivity index (χ3n) is 0.769. The van der Waals surface area contributed by atoms with Crippen molar-refractivity contribution >= 4 is 9.84 Å². The maximum atomic E-state index is 10.3. The standard InChI is InChI=1S/C4H7O3S/c1-4(7-2)8(3,5)6/h4H,1,3H3. The molecular formula is C4H7O3S. The van der Waals surface area contributed by atoms with Crippen LogP contribution in [0, 0.1) is 7.11 Å². The highest BCUT2D eigenvalue weighted by Crippen LogP contribution is 1.96. The van der Waals surface area contributed by atoms with E-state index in [1.165, 1.54) is 6.92 Å². The van der Waals surface area contributed by atoms with E-state index in [0.717, 1.165) is 6.26 Å². The largest absolute Gasteiger partial charge is 0.346 e. The van der Waals surface area contributed by atoms with Gasteiger partial charge in [-0.25, -0.2) is 8.42 Å². The smallest absolute Gasteiger partial charge is 0.175 e. The molecule has 0 aromatic heterocycles. The molecule has 0 aromatic rings. The van der Waals surface area contributed by atoms with Crippen LogP contribution in [0.1, 0.15) is 6.92 Å². The minimum atomic E-state index is -3.16. The Morgan fingerprint density at radius 1 is 1.62 bits per heavy atom. The summed E-state index contributed by atoms with van der Waals surface area (Å²) >= 11 is 0. The first-order valence-electron chi connectivity index (χ1n) is 1.99. The van der Waals surface area contributed by atoms with E-state index in [-0.39, 0.29) is 0 Å². The summed E-state index contributed by atoms with van der Waals surface area (Å²) in [6.07, 6.45) is 1.02. The van der Waals surface area contributed by atoms with Crippen LogP contribution in [0.4, 0.5) is 0 Å². The van der Waals surface area contributed by atoms with Gasteiger partial charge in [-0.1, -0.05) is 0 Å². The van der Waals surface area contributed by atoms with E-state index in [1.54, 1.807) is 0 Å². The van der Waals surface area contributed by atoms with Gasteiger partial charge in [0.25, 0.3) is 0 Å². The molecule has 0 aromatic carbocycles. The number of ether oxygens (including phenoxy) is 1. The van der Waals surface area contributed by atoms with Gasteiger partial charge >= 0.3 is 0 Å². The monoisotopic (exact) mass is 135 g/mol. The van der Waals surface area contributed by atoms with Gasteiger partial charge in [0.2, 0.25) is 0 Å². The number of hydrogen-bond acceptors (Lipinski definition) is 3. The third-order valence-corrected chi connectivity index (χ3v) is 2.07. The van der Waals surface area contributed by atoms with Crippen molar-refractivity contribution in [1.82, 2.24) is 0 Å². The van der Waals surface area contributed by atoms with Crippen molar-refractivity contribution in [2.45, 2.75) is 12.4 Å². The van der Waals surface area contributed by atoms with E-state index in [2.05, 4.69) is 4.74 Å². The summed E-state index contributed by atoms with van der Waals surface area (Å²) in [7, 11) is 3.02. The van der Waals surface area contributed by atoms with Crippen LogP contribution in [-0.2, 0) is 14.6 Å². The van der Waals surface area contributed by atoms with Crippen molar-refractivity contribution in [2.75, 3.05) is 6.26 Å². The Morgan fingerprint density at radius 3 is 2.00 bits per heavy atom. The minimum Gasteiger partial charge on any atom is -0.346 e. The highest BCUT2D eigenvalue weighted by molar-refractivity contribution is 7.91. The van der Waals surface area contributed by atoms with Crippen LogP contribution in [0.5, 0.6) is 0 Å². The van der Waals surface area contributed by atoms with E-state index < -0.39 is 15.3 Å². The zero-order valence-corrected chi connectivity index (χ0v) is 5.53. The summed E-state index contributed by atoms with van der Waals surface area (Å²) in [6, 6.07) is 0. The summed E-state index contributed by atoms with van der Waals surface area (Å²) in [4.78, 5) is 0. The van der Waals surface area contributed by atoms with Crippen molar-refractivity contribution < 1.29 is 13.2 Å². The predicted molar refractivity (Wildman–Crippen MR) is 28.6 cm³/mol. The van der Waals surface area contributed by atoms with Crippen LogP contribution < -0.4 is 0 Å². The van der Waals surface area contributed by atoms with E-state index >= 15 is 0 Å². The quantitative estimate of drug-likeness (QED) is 0.532. The van der Waals surface area contributed by atoms with Gasteiger partial charge in [-0.15, -0.1) is 0 Å². The highest BCUT2D eigenvalue weighted by atomic mass is 32.2. The van der Waals surface area contributed by atoms with E-state index in [0.29, 0.717) is 0 Å². The van der Waals surface area contributed by atoms with Crippen LogP contribution in [0.15, 0.2) is 0 Å². The fourth-order valence-electron chi connectivity index (χ4n) is 0.0874. The molecule has 0 aliphatic carbocycles. The minimum absolute atomic E-state index is 1.01. The molecule has 1 atom stereocenters. The summed E-state index contributed by atoms with van der Waals surface area (Å²) in [6.45, 7) is 1.31. The first-order chi connectivity index (χ1) is 3.48. The molecule has 4 heteroatoms. The molecule has 0 bridgehead atoms. The zero-order valence-electron chi connectivity index (χ0n) is 4.71. The SMILES string of the molecule is [C]OC(C)S(C)(=O)=O. The average Bonchev–Trinajstić information content (AvgIpc) is 1.62. The molecule has 8 heavy (non-hydrogen) atoms. The second-order valence-corrected chi connectivity index (χ2v) is 3.84. The molecule has 0 N–H and O–H groups in total. The van der Waals surface area contributed by atoms with Crippen LogP contribution in [0.3, 0.4) is 0 Å². The highest BCUT2D eigenvalue weighted by Gasteiger charge is 2.12. The predicted octanol–water partition coefficient (Wildman–Crippen LogP) is -0.0608. The van der Waals surface area contributed by atoms with Crippen molar-refractivity contribution in [3.8, 4) is 0 Å². The van der Waals surface area contributed by atoms with Gasteiger partial charge in [-0.2, -0.15) is 0 Å². The normalized spacial score (nSPS) is 15.9. The second kappa shape index (κ2) is 2.46. The summed E-state index contributed by atoms with van der Waals surface area (Å²) in [5, 5.41) is 0. The van der Waals surface area contributed by atoms with Gasteiger partial charge in [0.15, 0.2) is 22.4 Å². The molecule has 0 spiro atoms. The molecule has 0 fully saturated rings. The third kappa shape index (κ3) is 2.28. The molecule has 47 valence electrons. The van der Waals surface area contributed by atoms with Crippen molar-refractivity contribution in [3.63, 3.8) is 0 Å². The average molecular weight is 135 g/mol. The Balaban J connectivity index is 4.04. The Kier molecular flexibility index (Phi) is 2.43. The van der Waals surface area contributed by atoms with Crippen LogP contribution >= 0.6 is 0 Å². The molecular weight excluding hydrogens is 128 g/mol. The summed E-state index contributed by atoms with van der Waals surface area (Å²) in [5.74, 6) is 0. The van der Waals surface area contributed by atoms with Gasteiger partial charge in [-0.05, 0) is 6.92 Å². The lowest BCUT2D eigenvalue weighted by atomic mass is 10.9. The van der Waals surface area contributed by atoms with E-state index in [4.69, 9.17) is 7.11 Å². The van der Waals surface area contributed by atoms with Crippen LogP contribution in [0.2, 0.25) is 0 Å². The van der Waals surface area contributed by atoms with E-state index in [9.17, 15) is 8.42 Å². The molecule has 3 nitrogen and oxygen atoms in total. The summed E-state index contributed by atoms with van der Waals surface area (Å²) < 4.78 is 24.4. The van der Waals surface area contributed by atoms with Gasteiger partial charge in [-0.3, -0.25) is 0 Å². The molecule has 0 heterocycles. The topological polar surface area (TPSA) is 43.4 Å². The van der Waals surface area contributed by atoms with Gasteiger partial charge in [0, 0.05) is 6.26 Å². The molecule has 0 rings (SSSR count). The van der Waals surface area contributed by atoms with Gasteiger partial charge in [0.05, 0.1) is 0 Å². The maximum Gasteiger partial charge on any atom is 0.175 e. The molecule has 1 unspecified atom stereocenters. The molecule has 0 saturated heterocycles. The lowest BCUT2D eigenvalue weighted by Gasteiger charge is -2.02. The Morgan fingerprint density at radius 2 is 2.00 bits per heavy atom. The number of sulfone groups is 1. The molecule has 0 saturated carbocycles. The Labute approximate surface area is 49.6 Å². The Bertz CT molecular complexity index is 147. The zero-order chi connectivity index (χ0) is 6.78. The van der Waals surface area contributed by atoms with Crippen LogP contribution in [0.25, 0.3) is 0 Å². The van der Waals surface area contributed by atoms with Crippen molar-refractivity contribution in [1.29, 1.82) is 0 Å². The van der Waals surface area contributed by atoms with Gasteiger partial charge in [0.1, 0.15) is 0 Å². The number of rotatable bonds is 2. The van der Waals surface area contributed by atoms with E-state index in [1.807, 2.05) is 0 Å². The maximum absolute atomic E-state index is 10.3. The first-order valence-corrected chi connectivity index (χ1v) is 3.95. The lowest BCUT2D eigenvalue weighted by molar-refractivity contribution is 0.220. The molecule has 0 aliphatic heterocycles. The molecule has 0 amide bonds. The fourth-order valence-corrected chi connectivity index (χ4v) is 0.262. The Hall–Kier alpha value is -0.0900. The molecule has 0 aliphatic rings. The van der Waals surface area contributed by atoms with Crippen molar-refractivity contribution in [3.05, 3.63) is 7.11 Å². The number of hydrogen-bond donors (Lipinski definition) is 0. The lowest BCUT2D eigenvalue weighted by Crippen LogP contribution is -2.16. The molecule has 3 radical (unpaired) electrons. The first kappa shape index (κ1) is 7.91. The second-order valence-electron chi connectivity index (χ2n) is 1.52. The van der Waals surface area contributed by atoms with Crippen molar-refractivity contribution in [2.24, 2.45) is 0 Å².